The Bertz CT molecular complexity index is 485. The van der Waals surface area contributed by atoms with Gasteiger partial charge in [-0.1, -0.05) is 28.4 Å². The zero-order valence-corrected chi connectivity index (χ0v) is 9.55. The number of oxime groups is 1. The van der Waals surface area contributed by atoms with Crippen molar-refractivity contribution < 1.29 is 14.7 Å². The molecule has 1 aliphatic heterocycles. The first-order valence-electron chi connectivity index (χ1n) is 4.51. The maximum Gasteiger partial charge on any atom is 0.214 e. The number of hydrogen-bond acceptors (Lipinski definition) is 4. The second kappa shape index (κ2) is 4.31. The summed E-state index contributed by atoms with van der Waals surface area (Å²) < 4.78 is 5.33. The Morgan fingerprint density at radius 3 is 2.69 bits per heavy atom. The van der Waals surface area contributed by atoms with Crippen LogP contribution in [-0.4, -0.2) is 23.3 Å². The summed E-state index contributed by atoms with van der Waals surface area (Å²) in [6.45, 7) is 0.260. The van der Waals surface area contributed by atoms with Crippen molar-refractivity contribution >= 4 is 34.7 Å². The van der Waals surface area contributed by atoms with E-state index in [9.17, 15) is 4.79 Å². The summed E-state index contributed by atoms with van der Waals surface area (Å²) in [7, 11) is 0. The molecule has 0 aromatic heterocycles. The van der Waals surface area contributed by atoms with Gasteiger partial charge in [-0.05, 0) is 6.07 Å². The van der Waals surface area contributed by atoms with Crippen molar-refractivity contribution in [1.82, 2.24) is 0 Å². The van der Waals surface area contributed by atoms with Crippen LogP contribution in [0.5, 0.6) is 5.75 Å². The Hall–Kier alpha value is -1.26. The van der Waals surface area contributed by atoms with E-state index in [-0.39, 0.29) is 29.3 Å². The number of halogens is 2. The molecule has 2 rings (SSSR count). The lowest BCUT2D eigenvalue weighted by Gasteiger charge is -2.06. The van der Waals surface area contributed by atoms with E-state index in [4.69, 9.17) is 33.1 Å². The first-order valence-corrected chi connectivity index (χ1v) is 5.26. The molecular weight excluding hydrogens is 253 g/mol. The molecule has 16 heavy (non-hydrogen) atoms. The minimum atomic E-state index is -0.395. The topological polar surface area (TPSA) is 58.9 Å². The quantitative estimate of drug-likeness (QED) is 0.576. The first kappa shape index (κ1) is 11.2. The van der Waals surface area contributed by atoms with Crippen LogP contribution in [0, 0.1) is 0 Å². The van der Waals surface area contributed by atoms with Crippen LogP contribution >= 0.6 is 23.2 Å². The Morgan fingerprint density at radius 1 is 1.31 bits per heavy atom. The van der Waals surface area contributed by atoms with Gasteiger partial charge in [0.2, 0.25) is 5.78 Å². The molecule has 1 N–H and O–H groups in total. The zero-order chi connectivity index (χ0) is 11.7. The fourth-order valence-electron chi connectivity index (χ4n) is 1.45. The standard InChI is InChI=1S/C10H7Cl2NO3/c11-6-3-5-9(4-7(6)12)16-2-1-8(13-15)10(5)14/h3-4,15H,1-2H2/b13-8-. The van der Waals surface area contributed by atoms with Crippen LogP contribution in [0.25, 0.3) is 0 Å². The van der Waals surface area contributed by atoms with Crippen molar-refractivity contribution in [2.45, 2.75) is 6.42 Å². The molecule has 4 nitrogen and oxygen atoms in total. The molecule has 0 atom stereocenters. The summed E-state index contributed by atoms with van der Waals surface area (Å²) >= 11 is 11.6. The van der Waals surface area contributed by atoms with Gasteiger partial charge in [-0.15, -0.1) is 0 Å². The number of carbonyl (C=O) groups is 1. The van der Waals surface area contributed by atoms with E-state index < -0.39 is 5.78 Å². The Kier molecular flexibility index (Phi) is 3.03. The minimum Gasteiger partial charge on any atom is -0.492 e. The zero-order valence-electron chi connectivity index (χ0n) is 8.04. The number of Topliss-reactive ketones (excluding diaryl/α,β-unsaturated/α-hetero) is 1. The molecule has 1 heterocycles. The fraction of sp³-hybridized carbons (Fsp3) is 0.200. The first-order chi connectivity index (χ1) is 7.63. The molecule has 0 radical (unpaired) electrons. The van der Waals surface area contributed by atoms with Gasteiger partial charge in [-0.3, -0.25) is 4.79 Å². The summed E-state index contributed by atoms with van der Waals surface area (Å²) in [5, 5.41) is 12.2. The van der Waals surface area contributed by atoms with E-state index in [0.717, 1.165) is 0 Å². The van der Waals surface area contributed by atoms with Crippen LogP contribution in [0.1, 0.15) is 16.8 Å². The van der Waals surface area contributed by atoms with Gasteiger partial charge in [-0.2, -0.15) is 0 Å². The van der Waals surface area contributed by atoms with Gasteiger partial charge in [-0.25, -0.2) is 0 Å². The van der Waals surface area contributed by atoms with Crippen molar-refractivity contribution in [2.75, 3.05) is 6.61 Å². The molecule has 6 heteroatoms. The average molecular weight is 260 g/mol. The minimum absolute atomic E-state index is 0.0529. The fourth-order valence-corrected chi connectivity index (χ4v) is 1.76. The molecule has 1 aromatic rings. The molecule has 1 aliphatic rings. The van der Waals surface area contributed by atoms with Crippen LogP contribution in [0.15, 0.2) is 17.3 Å². The molecule has 84 valence electrons. The number of ketones is 1. The molecule has 0 fully saturated rings. The molecule has 1 aromatic carbocycles. The SMILES string of the molecule is O=C1/C(=N\O)CCOc2cc(Cl)c(Cl)cc21. The number of hydrogen-bond donors (Lipinski definition) is 1. The second-order valence-corrected chi connectivity index (χ2v) is 4.05. The van der Waals surface area contributed by atoms with Crippen LogP contribution in [0.4, 0.5) is 0 Å². The van der Waals surface area contributed by atoms with Crippen molar-refractivity contribution in [1.29, 1.82) is 0 Å². The second-order valence-electron chi connectivity index (χ2n) is 3.24. The lowest BCUT2D eigenvalue weighted by Crippen LogP contribution is -2.13. The van der Waals surface area contributed by atoms with E-state index in [1.807, 2.05) is 0 Å². The maximum absolute atomic E-state index is 11.9. The van der Waals surface area contributed by atoms with Gasteiger partial charge in [0.15, 0.2) is 0 Å². The van der Waals surface area contributed by atoms with Crippen LogP contribution in [-0.2, 0) is 0 Å². The summed E-state index contributed by atoms with van der Waals surface area (Å²) in [5.41, 5.74) is 0.317. The molecule has 0 aliphatic carbocycles. The number of nitrogens with zero attached hydrogens (tertiary/aromatic N) is 1. The van der Waals surface area contributed by atoms with Gasteiger partial charge in [0.1, 0.15) is 11.5 Å². The molecule has 0 amide bonds. The van der Waals surface area contributed by atoms with E-state index >= 15 is 0 Å². The van der Waals surface area contributed by atoms with E-state index in [0.29, 0.717) is 10.8 Å². The Labute approximate surface area is 101 Å². The highest BCUT2D eigenvalue weighted by molar-refractivity contribution is 6.48. The van der Waals surface area contributed by atoms with Gasteiger partial charge in [0, 0.05) is 12.5 Å². The highest BCUT2D eigenvalue weighted by Gasteiger charge is 2.24. The van der Waals surface area contributed by atoms with Crippen LogP contribution in [0.2, 0.25) is 10.0 Å². The lowest BCUT2D eigenvalue weighted by atomic mass is 10.1. The third kappa shape index (κ3) is 1.86. The van der Waals surface area contributed by atoms with Crippen LogP contribution < -0.4 is 4.74 Å². The van der Waals surface area contributed by atoms with Gasteiger partial charge in [0.05, 0.1) is 22.2 Å². The predicted octanol–water partition coefficient (Wildman–Crippen LogP) is 2.79. The summed E-state index contributed by atoms with van der Waals surface area (Å²) in [6, 6.07) is 2.90. The molecule has 0 unspecified atom stereocenters. The van der Waals surface area contributed by atoms with E-state index in [1.54, 1.807) is 0 Å². The maximum atomic E-state index is 11.9. The summed E-state index contributed by atoms with van der Waals surface area (Å²) in [6.07, 6.45) is 0.249. The smallest absolute Gasteiger partial charge is 0.214 e. The van der Waals surface area contributed by atoms with Crippen molar-refractivity contribution in [3.63, 3.8) is 0 Å². The Morgan fingerprint density at radius 2 is 2.00 bits per heavy atom. The molecular formula is C10H7Cl2NO3. The highest BCUT2D eigenvalue weighted by Crippen LogP contribution is 2.32. The highest BCUT2D eigenvalue weighted by atomic mass is 35.5. The van der Waals surface area contributed by atoms with Gasteiger partial charge >= 0.3 is 0 Å². The number of benzene rings is 1. The summed E-state index contributed by atoms with van der Waals surface area (Å²) in [4.78, 5) is 11.9. The summed E-state index contributed by atoms with van der Waals surface area (Å²) in [5.74, 6) is -0.0355. The van der Waals surface area contributed by atoms with Crippen LogP contribution in [0.3, 0.4) is 0 Å². The van der Waals surface area contributed by atoms with Crippen molar-refractivity contribution in [3.05, 3.63) is 27.7 Å². The van der Waals surface area contributed by atoms with Gasteiger partial charge < -0.3 is 9.94 Å². The molecule has 0 saturated carbocycles. The van der Waals surface area contributed by atoms with E-state index in [1.165, 1.54) is 12.1 Å². The molecule has 0 bridgehead atoms. The van der Waals surface area contributed by atoms with Gasteiger partial charge in [0.25, 0.3) is 0 Å². The third-order valence-corrected chi connectivity index (χ3v) is 2.97. The Balaban J connectivity index is 2.58. The average Bonchev–Trinajstić information content (AvgIpc) is 2.41. The number of fused-ring (bicyclic) bond motifs is 1. The predicted molar refractivity (Wildman–Crippen MR) is 60.1 cm³/mol. The molecule has 0 spiro atoms. The number of ether oxygens (including phenoxy) is 1. The third-order valence-electron chi connectivity index (χ3n) is 2.25. The molecule has 0 saturated heterocycles. The normalized spacial score (nSPS) is 17.9. The van der Waals surface area contributed by atoms with Crippen molar-refractivity contribution in [3.8, 4) is 5.75 Å². The van der Waals surface area contributed by atoms with E-state index in [2.05, 4.69) is 5.16 Å². The number of carbonyl (C=O) groups excluding carboxylic acids is 1. The van der Waals surface area contributed by atoms with Crippen molar-refractivity contribution in [2.24, 2.45) is 5.16 Å². The number of rotatable bonds is 0. The monoisotopic (exact) mass is 259 g/mol. The lowest BCUT2D eigenvalue weighted by molar-refractivity contribution is 0.106. The largest absolute Gasteiger partial charge is 0.492 e.